The van der Waals surface area contributed by atoms with E-state index in [0.717, 1.165) is 6.42 Å². The van der Waals surface area contributed by atoms with Crippen LogP contribution in [0.5, 0.6) is 0 Å². The summed E-state index contributed by atoms with van der Waals surface area (Å²) in [5, 5.41) is 3.05. The third-order valence-corrected chi connectivity index (χ3v) is 4.43. The van der Waals surface area contributed by atoms with Gasteiger partial charge in [-0.1, -0.05) is 49.6 Å². The van der Waals surface area contributed by atoms with Crippen molar-refractivity contribution in [3.8, 4) is 0 Å². The van der Waals surface area contributed by atoms with Crippen LogP contribution < -0.4 is 11.1 Å². The quantitative estimate of drug-likeness (QED) is 0.724. The number of rotatable bonds is 8. The summed E-state index contributed by atoms with van der Waals surface area (Å²) in [6.07, 6.45) is 7.00. The Balaban J connectivity index is 1.63. The van der Waals surface area contributed by atoms with Gasteiger partial charge in [-0.15, -0.1) is 0 Å². The molecule has 0 bridgehead atoms. The number of ether oxygens (including phenoxy) is 1. The minimum atomic E-state index is -0.0471. The van der Waals surface area contributed by atoms with Gasteiger partial charge in [-0.25, -0.2) is 0 Å². The summed E-state index contributed by atoms with van der Waals surface area (Å²) in [6, 6.07) is 10.3. The number of benzene rings is 1. The molecule has 1 amide bonds. The molecule has 1 aliphatic rings. The van der Waals surface area contributed by atoms with E-state index >= 15 is 0 Å². The van der Waals surface area contributed by atoms with Gasteiger partial charge in [-0.05, 0) is 30.7 Å². The first kappa shape index (κ1) is 17.0. The van der Waals surface area contributed by atoms with Crippen LogP contribution in [0.1, 0.15) is 37.7 Å². The summed E-state index contributed by atoms with van der Waals surface area (Å²) >= 11 is 0. The Hall–Kier alpha value is -1.39. The molecule has 1 aliphatic carbocycles. The van der Waals surface area contributed by atoms with Crippen molar-refractivity contribution in [2.45, 2.75) is 44.6 Å². The molecule has 4 nitrogen and oxygen atoms in total. The van der Waals surface area contributed by atoms with Gasteiger partial charge in [0.15, 0.2) is 0 Å². The van der Waals surface area contributed by atoms with E-state index in [0.29, 0.717) is 19.1 Å². The Morgan fingerprint density at radius 3 is 2.64 bits per heavy atom. The summed E-state index contributed by atoms with van der Waals surface area (Å²) < 4.78 is 5.48. The minimum Gasteiger partial charge on any atom is -0.371 e. The fourth-order valence-corrected chi connectivity index (χ4v) is 3.15. The Kier molecular flexibility index (Phi) is 7.40. The zero-order valence-electron chi connectivity index (χ0n) is 13.3. The summed E-state index contributed by atoms with van der Waals surface area (Å²) in [6.45, 7) is 1.20. The van der Waals surface area contributed by atoms with Crippen LogP contribution in [0.15, 0.2) is 30.3 Å². The first-order chi connectivity index (χ1) is 10.8. The molecule has 22 heavy (non-hydrogen) atoms. The predicted octanol–water partition coefficient (Wildman–Crippen LogP) is 2.27. The van der Waals surface area contributed by atoms with Gasteiger partial charge in [-0.2, -0.15) is 0 Å². The monoisotopic (exact) mass is 304 g/mol. The molecule has 0 heterocycles. The summed E-state index contributed by atoms with van der Waals surface area (Å²) in [5.74, 6) is 0.487. The lowest BCUT2D eigenvalue weighted by atomic mass is 9.84. The minimum absolute atomic E-state index is 0.0471. The van der Waals surface area contributed by atoms with Crippen LogP contribution in [0.25, 0.3) is 0 Å². The lowest BCUT2D eigenvalue weighted by Gasteiger charge is -2.30. The van der Waals surface area contributed by atoms with E-state index in [1.54, 1.807) is 0 Å². The van der Waals surface area contributed by atoms with Crippen molar-refractivity contribution < 1.29 is 9.53 Å². The van der Waals surface area contributed by atoms with Crippen LogP contribution in [0.2, 0.25) is 0 Å². The molecule has 0 radical (unpaired) electrons. The number of carbonyl (C=O) groups excluding carboxylic acids is 1. The van der Waals surface area contributed by atoms with E-state index in [-0.39, 0.29) is 18.6 Å². The Labute approximate surface area is 133 Å². The van der Waals surface area contributed by atoms with E-state index in [2.05, 4.69) is 17.4 Å². The van der Waals surface area contributed by atoms with Gasteiger partial charge in [-0.3, -0.25) is 4.79 Å². The average Bonchev–Trinajstić information content (AvgIpc) is 2.58. The van der Waals surface area contributed by atoms with Gasteiger partial charge < -0.3 is 15.8 Å². The Bertz CT molecular complexity index is 430. The van der Waals surface area contributed by atoms with Gasteiger partial charge in [0, 0.05) is 12.6 Å². The molecule has 1 aromatic rings. The Morgan fingerprint density at radius 2 is 1.95 bits per heavy atom. The van der Waals surface area contributed by atoms with Crippen LogP contribution in [-0.4, -0.2) is 31.7 Å². The van der Waals surface area contributed by atoms with E-state index in [4.69, 9.17) is 10.5 Å². The fourth-order valence-electron chi connectivity index (χ4n) is 3.15. The lowest BCUT2D eigenvalue weighted by molar-refractivity contribution is -0.126. The SMILES string of the molecule is NCC(NC(=O)COCCc1ccccc1)C1CCCCC1. The maximum Gasteiger partial charge on any atom is 0.246 e. The van der Waals surface area contributed by atoms with Gasteiger partial charge in [0.25, 0.3) is 0 Å². The number of amides is 1. The largest absolute Gasteiger partial charge is 0.371 e. The number of nitrogens with one attached hydrogen (secondary N) is 1. The van der Waals surface area contributed by atoms with Crippen molar-refractivity contribution in [3.05, 3.63) is 35.9 Å². The van der Waals surface area contributed by atoms with E-state index in [1.165, 1.54) is 37.7 Å². The van der Waals surface area contributed by atoms with Crippen LogP contribution in [0.3, 0.4) is 0 Å². The first-order valence-corrected chi connectivity index (χ1v) is 8.40. The molecule has 1 unspecified atom stereocenters. The standard InChI is InChI=1S/C18H28N2O2/c19-13-17(16-9-5-2-6-10-16)20-18(21)14-22-12-11-15-7-3-1-4-8-15/h1,3-4,7-8,16-17H,2,5-6,9-14,19H2,(H,20,21). The zero-order valence-corrected chi connectivity index (χ0v) is 13.3. The molecule has 3 N–H and O–H groups in total. The second-order valence-electron chi connectivity index (χ2n) is 6.10. The predicted molar refractivity (Wildman–Crippen MR) is 88.5 cm³/mol. The maximum atomic E-state index is 12.0. The van der Waals surface area contributed by atoms with Gasteiger partial charge >= 0.3 is 0 Å². The smallest absolute Gasteiger partial charge is 0.246 e. The van der Waals surface area contributed by atoms with Crippen molar-refractivity contribution in [2.75, 3.05) is 19.8 Å². The highest BCUT2D eigenvalue weighted by Crippen LogP contribution is 2.26. The van der Waals surface area contributed by atoms with Gasteiger partial charge in [0.1, 0.15) is 6.61 Å². The van der Waals surface area contributed by atoms with Crippen LogP contribution in [0.4, 0.5) is 0 Å². The highest BCUT2D eigenvalue weighted by Gasteiger charge is 2.23. The highest BCUT2D eigenvalue weighted by atomic mass is 16.5. The second kappa shape index (κ2) is 9.59. The molecular formula is C18H28N2O2. The molecule has 1 saturated carbocycles. The molecule has 1 fully saturated rings. The van der Waals surface area contributed by atoms with E-state index < -0.39 is 0 Å². The molecular weight excluding hydrogens is 276 g/mol. The van der Waals surface area contributed by atoms with Crippen LogP contribution in [-0.2, 0) is 16.0 Å². The van der Waals surface area contributed by atoms with Crippen molar-refractivity contribution >= 4 is 5.91 Å². The third kappa shape index (κ3) is 5.78. The molecule has 2 rings (SSSR count). The normalized spacial score (nSPS) is 17.1. The maximum absolute atomic E-state index is 12.0. The highest BCUT2D eigenvalue weighted by molar-refractivity contribution is 5.77. The van der Waals surface area contributed by atoms with Crippen molar-refractivity contribution in [2.24, 2.45) is 11.7 Å². The molecule has 122 valence electrons. The van der Waals surface area contributed by atoms with Crippen LogP contribution >= 0.6 is 0 Å². The second-order valence-corrected chi connectivity index (χ2v) is 6.10. The number of hydrogen-bond donors (Lipinski definition) is 2. The summed E-state index contributed by atoms with van der Waals surface area (Å²) in [4.78, 5) is 12.0. The number of hydrogen-bond acceptors (Lipinski definition) is 3. The molecule has 0 saturated heterocycles. The molecule has 1 aromatic carbocycles. The first-order valence-electron chi connectivity index (χ1n) is 8.40. The molecule has 0 aliphatic heterocycles. The van der Waals surface area contributed by atoms with E-state index in [1.807, 2.05) is 18.2 Å². The number of nitrogens with two attached hydrogens (primary N) is 1. The molecule has 4 heteroatoms. The van der Waals surface area contributed by atoms with Gasteiger partial charge in [0.2, 0.25) is 5.91 Å². The van der Waals surface area contributed by atoms with Crippen LogP contribution in [0, 0.1) is 5.92 Å². The van der Waals surface area contributed by atoms with Crippen molar-refractivity contribution in [3.63, 3.8) is 0 Å². The molecule has 1 atom stereocenters. The summed E-state index contributed by atoms with van der Waals surface area (Å²) in [5.41, 5.74) is 7.05. The summed E-state index contributed by atoms with van der Waals surface area (Å²) in [7, 11) is 0. The fraction of sp³-hybridized carbons (Fsp3) is 0.611. The average molecular weight is 304 g/mol. The topological polar surface area (TPSA) is 64.3 Å². The van der Waals surface area contributed by atoms with Gasteiger partial charge in [0.05, 0.1) is 6.61 Å². The van der Waals surface area contributed by atoms with E-state index in [9.17, 15) is 4.79 Å². The third-order valence-electron chi connectivity index (χ3n) is 4.43. The molecule has 0 spiro atoms. The zero-order chi connectivity index (χ0) is 15.6. The van der Waals surface area contributed by atoms with Crippen molar-refractivity contribution in [1.82, 2.24) is 5.32 Å². The molecule has 0 aromatic heterocycles. The lowest BCUT2D eigenvalue weighted by Crippen LogP contribution is -2.47. The number of carbonyl (C=O) groups is 1. The Morgan fingerprint density at radius 1 is 1.23 bits per heavy atom. The van der Waals surface area contributed by atoms with Crippen molar-refractivity contribution in [1.29, 1.82) is 0 Å².